The molecule has 0 aliphatic carbocycles. The zero-order valence-corrected chi connectivity index (χ0v) is 11.7. The van der Waals surface area contributed by atoms with Gasteiger partial charge < -0.3 is 19.3 Å². The lowest BCUT2D eigenvalue weighted by Crippen LogP contribution is -1.94. The summed E-state index contributed by atoms with van der Waals surface area (Å²) < 4.78 is 16.0. The van der Waals surface area contributed by atoms with Crippen LogP contribution in [0.15, 0.2) is 36.5 Å². The summed E-state index contributed by atoms with van der Waals surface area (Å²) in [5.41, 5.74) is 0.737. The van der Waals surface area contributed by atoms with Gasteiger partial charge in [-0.1, -0.05) is 0 Å². The highest BCUT2D eigenvalue weighted by Gasteiger charge is 2.06. The normalized spacial score (nSPS) is 11.8. The van der Waals surface area contributed by atoms with Crippen LogP contribution in [0.2, 0.25) is 0 Å². The molecule has 0 radical (unpaired) electrons. The van der Waals surface area contributed by atoms with Crippen LogP contribution in [0.25, 0.3) is 0 Å². The minimum atomic E-state index is -0.548. The number of pyridine rings is 1. The zero-order valence-electron chi connectivity index (χ0n) is 11.7. The van der Waals surface area contributed by atoms with Gasteiger partial charge in [-0.2, -0.15) is 0 Å². The number of aliphatic hydroxyl groups excluding tert-OH is 1. The first kappa shape index (κ1) is 14.1. The highest BCUT2D eigenvalue weighted by atomic mass is 16.5. The first-order valence-electron chi connectivity index (χ1n) is 6.17. The van der Waals surface area contributed by atoms with Crippen molar-refractivity contribution in [1.29, 1.82) is 0 Å². The molecule has 0 saturated heterocycles. The Balaban J connectivity index is 2.20. The summed E-state index contributed by atoms with van der Waals surface area (Å²) in [5, 5.41) is 9.43. The summed E-state index contributed by atoms with van der Waals surface area (Å²) in [6, 6.07) is 8.72. The van der Waals surface area contributed by atoms with Crippen LogP contribution in [0.1, 0.15) is 18.6 Å². The number of nitrogens with zero attached hydrogens (tertiary/aromatic N) is 1. The van der Waals surface area contributed by atoms with Gasteiger partial charge in [0.25, 0.3) is 0 Å². The fraction of sp³-hybridized carbons (Fsp3) is 0.267. The van der Waals surface area contributed by atoms with Gasteiger partial charge in [0.1, 0.15) is 17.2 Å². The minimum absolute atomic E-state index is 0.435. The molecular weight excluding hydrogens is 258 g/mol. The van der Waals surface area contributed by atoms with E-state index in [9.17, 15) is 5.11 Å². The molecule has 2 rings (SSSR count). The van der Waals surface area contributed by atoms with E-state index in [2.05, 4.69) is 4.98 Å². The van der Waals surface area contributed by atoms with Crippen molar-refractivity contribution in [2.45, 2.75) is 13.0 Å². The number of hydrogen-bond donors (Lipinski definition) is 1. The summed E-state index contributed by atoms with van der Waals surface area (Å²) in [6.45, 7) is 1.68. The van der Waals surface area contributed by atoms with Gasteiger partial charge in [0.2, 0.25) is 5.88 Å². The van der Waals surface area contributed by atoms with Crippen LogP contribution in [0.3, 0.4) is 0 Å². The van der Waals surface area contributed by atoms with Crippen molar-refractivity contribution >= 4 is 0 Å². The molecule has 20 heavy (non-hydrogen) atoms. The maximum Gasteiger partial charge on any atom is 0.219 e. The maximum absolute atomic E-state index is 9.43. The highest BCUT2D eigenvalue weighted by Crippen LogP contribution is 2.30. The average Bonchev–Trinajstić information content (AvgIpc) is 2.47. The van der Waals surface area contributed by atoms with Crippen LogP contribution in [-0.4, -0.2) is 24.3 Å². The largest absolute Gasteiger partial charge is 0.496 e. The van der Waals surface area contributed by atoms with E-state index in [4.69, 9.17) is 14.2 Å². The Morgan fingerprint density at radius 1 is 1.00 bits per heavy atom. The van der Waals surface area contributed by atoms with Crippen LogP contribution in [0.5, 0.6) is 23.1 Å². The smallest absolute Gasteiger partial charge is 0.219 e. The molecule has 106 valence electrons. The quantitative estimate of drug-likeness (QED) is 0.909. The number of hydrogen-bond acceptors (Lipinski definition) is 5. The molecule has 1 aromatic carbocycles. The molecule has 1 heterocycles. The number of aliphatic hydroxyl groups is 1. The third-order valence-electron chi connectivity index (χ3n) is 2.79. The van der Waals surface area contributed by atoms with E-state index < -0.39 is 6.10 Å². The summed E-state index contributed by atoms with van der Waals surface area (Å²) in [7, 11) is 3.16. The second-order valence-electron chi connectivity index (χ2n) is 4.26. The van der Waals surface area contributed by atoms with Crippen molar-refractivity contribution in [3.8, 4) is 23.1 Å². The summed E-state index contributed by atoms with van der Waals surface area (Å²) in [5.74, 6) is 2.28. The Labute approximate surface area is 117 Å². The minimum Gasteiger partial charge on any atom is -0.496 e. The van der Waals surface area contributed by atoms with Crippen LogP contribution < -0.4 is 14.2 Å². The third kappa shape index (κ3) is 3.39. The average molecular weight is 275 g/mol. The number of methoxy groups -OCH3 is 2. The van der Waals surface area contributed by atoms with Crippen molar-refractivity contribution in [3.05, 3.63) is 42.1 Å². The lowest BCUT2D eigenvalue weighted by atomic mass is 10.2. The van der Waals surface area contributed by atoms with Gasteiger partial charge in [-0.15, -0.1) is 0 Å². The Morgan fingerprint density at radius 2 is 1.60 bits per heavy atom. The molecule has 0 saturated carbocycles. The molecule has 0 spiro atoms. The van der Waals surface area contributed by atoms with E-state index in [1.165, 1.54) is 0 Å². The second-order valence-corrected chi connectivity index (χ2v) is 4.26. The molecule has 1 N–H and O–H groups in total. The number of benzene rings is 1. The predicted octanol–water partition coefficient (Wildman–Crippen LogP) is 2.94. The predicted molar refractivity (Wildman–Crippen MR) is 74.5 cm³/mol. The van der Waals surface area contributed by atoms with Crippen LogP contribution >= 0.6 is 0 Å². The molecule has 0 aliphatic heterocycles. The Kier molecular flexibility index (Phi) is 4.42. The monoisotopic (exact) mass is 275 g/mol. The first-order valence-corrected chi connectivity index (χ1v) is 6.17. The van der Waals surface area contributed by atoms with Gasteiger partial charge in [0.15, 0.2) is 0 Å². The summed E-state index contributed by atoms with van der Waals surface area (Å²) >= 11 is 0. The SMILES string of the molecule is COc1cc(OC)cc(Oc2ccc(C(C)O)cn2)c1. The van der Waals surface area contributed by atoms with Gasteiger partial charge >= 0.3 is 0 Å². The molecule has 0 amide bonds. The van der Waals surface area contributed by atoms with Gasteiger partial charge in [-0.25, -0.2) is 4.98 Å². The van der Waals surface area contributed by atoms with Gasteiger partial charge in [0, 0.05) is 30.5 Å². The van der Waals surface area contributed by atoms with Crippen LogP contribution in [0, 0.1) is 0 Å². The summed E-state index contributed by atoms with van der Waals surface area (Å²) in [4.78, 5) is 4.14. The van der Waals surface area contributed by atoms with Crippen molar-refractivity contribution in [3.63, 3.8) is 0 Å². The van der Waals surface area contributed by atoms with Crippen molar-refractivity contribution in [2.75, 3.05) is 14.2 Å². The zero-order chi connectivity index (χ0) is 14.5. The first-order chi connectivity index (χ1) is 9.62. The van der Waals surface area contributed by atoms with E-state index in [1.54, 1.807) is 57.7 Å². The molecule has 1 unspecified atom stereocenters. The second kappa shape index (κ2) is 6.25. The Morgan fingerprint density at radius 3 is 2.05 bits per heavy atom. The number of aromatic nitrogens is 1. The highest BCUT2D eigenvalue weighted by molar-refractivity contribution is 5.43. The lowest BCUT2D eigenvalue weighted by Gasteiger charge is -2.10. The van der Waals surface area contributed by atoms with E-state index >= 15 is 0 Å². The third-order valence-corrected chi connectivity index (χ3v) is 2.79. The topological polar surface area (TPSA) is 60.8 Å². The molecule has 1 atom stereocenters. The van der Waals surface area contributed by atoms with Crippen molar-refractivity contribution < 1.29 is 19.3 Å². The van der Waals surface area contributed by atoms with Gasteiger partial charge in [-0.05, 0) is 18.6 Å². The molecule has 0 bridgehead atoms. The molecule has 0 fully saturated rings. The molecular formula is C15H17NO4. The van der Waals surface area contributed by atoms with Crippen molar-refractivity contribution in [2.24, 2.45) is 0 Å². The lowest BCUT2D eigenvalue weighted by molar-refractivity contribution is 0.198. The molecule has 0 aliphatic rings. The van der Waals surface area contributed by atoms with E-state index in [1.807, 2.05) is 0 Å². The molecule has 5 heteroatoms. The number of ether oxygens (including phenoxy) is 3. The fourth-order valence-corrected chi connectivity index (χ4v) is 1.66. The van der Waals surface area contributed by atoms with E-state index in [0.717, 1.165) is 5.56 Å². The Bertz CT molecular complexity index is 544. The summed E-state index contributed by atoms with van der Waals surface area (Å²) in [6.07, 6.45) is 1.03. The van der Waals surface area contributed by atoms with Crippen LogP contribution in [-0.2, 0) is 0 Å². The fourth-order valence-electron chi connectivity index (χ4n) is 1.66. The maximum atomic E-state index is 9.43. The van der Waals surface area contributed by atoms with E-state index in [-0.39, 0.29) is 0 Å². The van der Waals surface area contributed by atoms with Gasteiger partial charge in [0.05, 0.1) is 20.3 Å². The standard InChI is InChI=1S/C15H17NO4/c1-10(17)11-4-5-15(16-9-11)20-14-7-12(18-2)6-13(8-14)19-3/h4-10,17H,1-3H3. The molecule has 2 aromatic rings. The van der Waals surface area contributed by atoms with Crippen LogP contribution in [0.4, 0.5) is 0 Å². The van der Waals surface area contributed by atoms with E-state index in [0.29, 0.717) is 23.1 Å². The number of rotatable bonds is 5. The van der Waals surface area contributed by atoms with Crippen molar-refractivity contribution in [1.82, 2.24) is 4.98 Å². The van der Waals surface area contributed by atoms with Gasteiger partial charge in [-0.3, -0.25) is 0 Å². The molecule has 5 nitrogen and oxygen atoms in total. The Hall–Kier alpha value is -2.27. The molecule has 1 aromatic heterocycles.